The zero-order valence-electron chi connectivity index (χ0n) is 22.4. The van der Waals surface area contributed by atoms with E-state index in [0.29, 0.717) is 18.1 Å². The molecule has 2 aromatic rings. The number of hydrogen-bond donors (Lipinski definition) is 0. The maximum absolute atomic E-state index is 15.3. The summed E-state index contributed by atoms with van der Waals surface area (Å²) >= 11 is 1.67. The molecule has 2 heterocycles. The Bertz CT molecular complexity index is 1350. The fraction of sp³-hybridized carbons (Fsp3) is 0.630. The van der Waals surface area contributed by atoms with Gasteiger partial charge in [0.25, 0.3) is 0 Å². The zero-order chi connectivity index (χ0) is 28.8. The minimum Gasteiger partial charge on any atom is -0.493 e. The molecule has 0 bridgehead atoms. The molecule has 1 amide bonds. The smallest absolute Gasteiger partial charge is 0.472 e. The van der Waals surface area contributed by atoms with E-state index >= 15 is 4.39 Å². The third-order valence-corrected chi connectivity index (χ3v) is 11.0. The van der Waals surface area contributed by atoms with Crippen LogP contribution in [0.4, 0.5) is 23.2 Å². The number of carbonyl (C=O) groups excluding carboxylic acids is 1. The highest BCUT2D eigenvalue weighted by Gasteiger charge is 2.52. The van der Waals surface area contributed by atoms with Crippen molar-refractivity contribution in [3.63, 3.8) is 0 Å². The van der Waals surface area contributed by atoms with Gasteiger partial charge < -0.3 is 4.74 Å². The van der Waals surface area contributed by atoms with E-state index < -0.39 is 38.9 Å². The highest BCUT2D eigenvalue weighted by molar-refractivity contribution is 7.94. The lowest BCUT2D eigenvalue weighted by atomic mass is 9.97. The van der Waals surface area contributed by atoms with Crippen LogP contribution in [0.3, 0.4) is 0 Å². The molecular weight excluding hydrogens is 570 g/mol. The van der Waals surface area contributed by atoms with Gasteiger partial charge in [-0.1, -0.05) is 13.8 Å². The van der Waals surface area contributed by atoms with Gasteiger partial charge >= 0.3 is 12.1 Å². The van der Waals surface area contributed by atoms with Gasteiger partial charge in [-0.3, -0.25) is 9.69 Å². The first-order chi connectivity index (χ1) is 18.8. The summed E-state index contributed by atoms with van der Waals surface area (Å²) in [5.74, 6) is -3.13. The van der Waals surface area contributed by atoms with Crippen LogP contribution in [0.25, 0.3) is 0 Å². The summed E-state index contributed by atoms with van der Waals surface area (Å²) in [6.45, 7) is 7.06. The van der Waals surface area contributed by atoms with Crippen molar-refractivity contribution in [1.29, 1.82) is 0 Å². The van der Waals surface area contributed by atoms with Crippen LogP contribution in [0.2, 0.25) is 0 Å². The van der Waals surface area contributed by atoms with Gasteiger partial charge in [-0.25, -0.2) is 17.8 Å². The second kappa shape index (κ2) is 11.2. The van der Waals surface area contributed by atoms with E-state index in [1.165, 1.54) is 0 Å². The number of likely N-dealkylation sites (tertiary alicyclic amines) is 1. The van der Waals surface area contributed by atoms with Gasteiger partial charge in [-0.15, -0.1) is 11.3 Å². The first kappa shape index (κ1) is 29.2. The Labute approximate surface area is 235 Å². The topological polar surface area (TPSA) is 79.8 Å². The number of ether oxygens (including phenoxy) is 1. The van der Waals surface area contributed by atoms with Gasteiger partial charge in [0.2, 0.25) is 10.0 Å². The molecule has 3 fully saturated rings. The van der Waals surface area contributed by atoms with Crippen LogP contribution in [-0.2, 0) is 21.4 Å². The van der Waals surface area contributed by atoms with Crippen molar-refractivity contribution in [1.82, 2.24) is 9.88 Å². The fourth-order valence-electron chi connectivity index (χ4n) is 4.95. The first-order valence-corrected chi connectivity index (χ1v) is 16.0. The third kappa shape index (κ3) is 6.46. The van der Waals surface area contributed by atoms with E-state index in [4.69, 9.17) is 9.72 Å². The van der Waals surface area contributed by atoms with E-state index in [2.05, 4.69) is 24.1 Å². The van der Waals surface area contributed by atoms with E-state index in [1.807, 2.05) is 0 Å². The SMILES string of the molecule is CC(C)c1nc(CN2CCC(COc3cc(F)c(N(C(=O)C(F)(F)F)S(=O)(=O)C4CC4)cc3C3CC3)CC2)cs1. The molecule has 0 radical (unpaired) electrons. The molecule has 0 atom stereocenters. The highest BCUT2D eigenvalue weighted by atomic mass is 32.2. The van der Waals surface area contributed by atoms with Crippen molar-refractivity contribution in [3.8, 4) is 5.75 Å². The standard InChI is InChI=1S/C27H33F4N3O4S2/c1-16(2)25-32-19(15-39-25)13-33-9-7-17(8-10-33)14-38-24-12-22(28)23(11-21(24)18-3-4-18)34(26(35)27(29,30)31)40(36,37)20-5-6-20/h11-12,15-18,20H,3-10,13-14H2,1-2H3. The lowest BCUT2D eigenvalue weighted by Crippen LogP contribution is -2.46. The number of halogens is 4. The number of aromatic nitrogens is 1. The number of rotatable bonds is 10. The Hall–Kier alpha value is -2.25. The number of amides is 1. The molecule has 220 valence electrons. The molecule has 7 nitrogen and oxygen atoms in total. The molecule has 1 aromatic heterocycles. The largest absolute Gasteiger partial charge is 0.493 e. The van der Waals surface area contributed by atoms with Crippen molar-refractivity contribution >= 4 is 33.0 Å². The number of anilines is 1. The molecule has 40 heavy (non-hydrogen) atoms. The fourth-order valence-corrected chi connectivity index (χ4v) is 7.56. The maximum Gasteiger partial charge on any atom is 0.472 e. The summed E-state index contributed by atoms with van der Waals surface area (Å²) in [4.78, 5) is 19.2. The minimum atomic E-state index is -5.48. The lowest BCUT2D eigenvalue weighted by Gasteiger charge is -2.31. The summed E-state index contributed by atoms with van der Waals surface area (Å²) in [6.07, 6.45) is -2.04. The molecule has 13 heteroatoms. The van der Waals surface area contributed by atoms with Gasteiger partial charge in [0.1, 0.15) is 5.75 Å². The van der Waals surface area contributed by atoms with Crippen LogP contribution in [0, 0.1) is 11.7 Å². The first-order valence-electron chi connectivity index (χ1n) is 13.6. The van der Waals surface area contributed by atoms with E-state index in [0.717, 1.165) is 68.2 Å². The Morgan fingerprint density at radius 1 is 1.15 bits per heavy atom. The molecule has 0 spiro atoms. The number of nitrogens with zero attached hydrogens (tertiary/aromatic N) is 3. The minimum absolute atomic E-state index is 0.0866. The number of sulfonamides is 1. The monoisotopic (exact) mass is 603 g/mol. The van der Waals surface area contributed by atoms with E-state index in [1.54, 1.807) is 11.3 Å². The van der Waals surface area contributed by atoms with Gasteiger partial charge in [0.15, 0.2) is 5.82 Å². The maximum atomic E-state index is 15.3. The number of alkyl halides is 3. The van der Waals surface area contributed by atoms with Crippen LogP contribution in [0.5, 0.6) is 5.75 Å². The van der Waals surface area contributed by atoms with Crippen molar-refractivity contribution in [3.05, 3.63) is 39.6 Å². The summed E-state index contributed by atoms with van der Waals surface area (Å²) < 4.78 is 86.7. The van der Waals surface area contributed by atoms with Crippen molar-refractivity contribution < 1.29 is 35.5 Å². The Morgan fingerprint density at radius 3 is 2.38 bits per heavy atom. The second-order valence-electron chi connectivity index (χ2n) is 11.3. The predicted molar refractivity (Wildman–Crippen MR) is 144 cm³/mol. The molecule has 5 rings (SSSR count). The molecule has 2 saturated carbocycles. The third-order valence-electron chi connectivity index (χ3n) is 7.57. The predicted octanol–water partition coefficient (Wildman–Crippen LogP) is 5.96. The summed E-state index contributed by atoms with van der Waals surface area (Å²) in [5, 5.41) is 2.10. The molecule has 0 unspecified atom stereocenters. The van der Waals surface area contributed by atoms with Crippen LogP contribution in [-0.4, -0.2) is 55.3 Å². The van der Waals surface area contributed by atoms with Gasteiger partial charge in [-0.05, 0) is 75.1 Å². The average molecular weight is 604 g/mol. The van der Waals surface area contributed by atoms with Crippen LogP contribution in [0.1, 0.15) is 80.5 Å². The van der Waals surface area contributed by atoms with Crippen LogP contribution in [0.15, 0.2) is 17.5 Å². The molecule has 2 aliphatic carbocycles. The van der Waals surface area contributed by atoms with Gasteiger partial charge in [-0.2, -0.15) is 17.5 Å². The molecule has 3 aliphatic rings. The normalized spacial score (nSPS) is 19.3. The summed E-state index contributed by atoms with van der Waals surface area (Å²) in [6, 6.07) is 2.00. The van der Waals surface area contributed by atoms with Gasteiger partial charge in [0.05, 0.1) is 28.2 Å². The Morgan fingerprint density at radius 2 is 1.82 bits per heavy atom. The summed E-state index contributed by atoms with van der Waals surface area (Å²) in [5.41, 5.74) is 0.610. The zero-order valence-corrected chi connectivity index (χ0v) is 24.0. The molecule has 1 aromatic carbocycles. The Balaban J connectivity index is 1.27. The van der Waals surface area contributed by atoms with Crippen LogP contribution < -0.4 is 9.04 Å². The van der Waals surface area contributed by atoms with Crippen molar-refractivity contribution in [2.75, 3.05) is 24.0 Å². The number of piperidine rings is 1. The van der Waals surface area contributed by atoms with E-state index in [-0.39, 0.29) is 34.7 Å². The number of hydrogen-bond acceptors (Lipinski definition) is 7. The Kier molecular flexibility index (Phi) is 8.19. The molecular formula is C27H33F4N3O4S2. The van der Waals surface area contributed by atoms with Crippen LogP contribution >= 0.6 is 11.3 Å². The lowest BCUT2D eigenvalue weighted by molar-refractivity contribution is -0.169. The van der Waals surface area contributed by atoms with Crippen molar-refractivity contribution in [2.24, 2.45) is 5.92 Å². The van der Waals surface area contributed by atoms with E-state index in [9.17, 15) is 26.4 Å². The molecule has 0 N–H and O–H groups in total. The van der Waals surface area contributed by atoms with Gasteiger partial charge in [0, 0.05) is 23.9 Å². The molecule has 1 aliphatic heterocycles. The second-order valence-corrected chi connectivity index (χ2v) is 14.2. The number of carbonyl (C=O) groups is 1. The number of benzene rings is 1. The number of thiazole rings is 1. The van der Waals surface area contributed by atoms with Crippen molar-refractivity contribution in [2.45, 2.75) is 82.2 Å². The summed E-state index contributed by atoms with van der Waals surface area (Å²) in [7, 11) is -4.71. The quantitative estimate of drug-likeness (QED) is 0.312. The highest BCUT2D eigenvalue weighted by Crippen LogP contribution is 2.48. The average Bonchev–Trinajstić information content (AvgIpc) is 3.82. The molecule has 1 saturated heterocycles.